The van der Waals surface area contributed by atoms with Gasteiger partial charge in [0.1, 0.15) is 5.75 Å². The molecule has 2 unspecified atom stereocenters. The van der Waals surface area contributed by atoms with Crippen molar-refractivity contribution in [3.8, 4) is 5.75 Å². The zero-order valence-electron chi connectivity index (χ0n) is 13.0. The minimum absolute atomic E-state index is 0.0140. The molecule has 1 aliphatic rings. The summed E-state index contributed by atoms with van der Waals surface area (Å²) in [6.07, 6.45) is 3.31. The standard InChI is InChI=1S/C17H26N2O2/c1-3-11-19-16(20)10-6-9-15(18)17(19)13-7-5-8-14(12-13)21-4-2/h5,7-8,12,15,17H,3-4,6,9-11,18H2,1-2H3. The molecular formula is C17H26N2O2. The van der Waals surface area contributed by atoms with Gasteiger partial charge in [0.15, 0.2) is 0 Å². The average molecular weight is 290 g/mol. The van der Waals surface area contributed by atoms with Gasteiger partial charge in [-0.25, -0.2) is 0 Å². The van der Waals surface area contributed by atoms with Gasteiger partial charge in [0.05, 0.1) is 12.6 Å². The molecule has 0 spiro atoms. The van der Waals surface area contributed by atoms with Crippen LogP contribution in [0.5, 0.6) is 5.75 Å². The maximum absolute atomic E-state index is 12.4. The van der Waals surface area contributed by atoms with Crippen LogP contribution in [-0.2, 0) is 4.79 Å². The summed E-state index contributed by atoms with van der Waals surface area (Å²) in [5, 5.41) is 0. The van der Waals surface area contributed by atoms with E-state index in [0.717, 1.165) is 37.1 Å². The third kappa shape index (κ3) is 3.76. The van der Waals surface area contributed by atoms with Gasteiger partial charge in [0.2, 0.25) is 5.91 Å². The molecular weight excluding hydrogens is 264 g/mol. The topological polar surface area (TPSA) is 55.6 Å². The number of amides is 1. The Balaban J connectivity index is 2.34. The highest BCUT2D eigenvalue weighted by Gasteiger charge is 2.32. The first-order chi connectivity index (χ1) is 10.2. The van der Waals surface area contributed by atoms with Crippen molar-refractivity contribution in [3.63, 3.8) is 0 Å². The normalized spacial score (nSPS) is 23.0. The number of carbonyl (C=O) groups excluding carboxylic acids is 1. The van der Waals surface area contributed by atoms with Gasteiger partial charge in [-0.3, -0.25) is 4.79 Å². The summed E-state index contributed by atoms with van der Waals surface area (Å²) < 4.78 is 5.58. The molecule has 4 nitrogen and oxygen atoms in total. The number of carbonyl (C=O) groups is 1. The molecule has 1 amide bonds. The van der Waals surface area contributed by atoms with E-state index in [2.05, 4.69) is 6.92 Å². The van der Waals surface area contributed by atoms with E-state index in [4.69, 9.17) is 10.5 Å². The van der Waals surface area contributed by atoms with Crippen LogP contribution in [0.3, 0.4) is 0 Å². The molecule has 116 valence electrons. The quantitative estimate of drug-likeness (QED) is 0.907. The fourth-order valence-electron chi connectivity index (χ4n) is 3.06. The van der Waals surface area contributed by atoms with E-state index in [-0.39, 0.29) is 18.0 Å². The Morgan fingerprint density at radius 1 is 1.38 bits per heavy atom. The van der Waals surface area contributed by atoms with E-state index in [9.17, 15) is 4.79 Å². The maximum atomic E-state index is 12.4. The Bertz CT molecular complexity index is 476. The van der Waals surface area contributed by atoms with E-state index in [1.54, 1.807) is 0 Å². The van der Waals surface area contributed by atoms with Crippen LogP contribution in [0.15, 0.2) is 24.3 Å². The predicted molar refractivity (Wildman–Crippen MR) is 84.2 cm³/mol. The summed E-state index contributed by atoms with van der Waals surface area (Å²) in [6.45, 7) is 5.46. The third-order valence-corrected chi connectivity index (χ3v) is 3.96. The highest BCUT2D eigenvalue weighted by Crippen LogP contribution is 2.32. The molecule has 1 heterocycles. The van der Waals surface area contributed by atoms with Crippen molar-refractivity contribution in [3.05, 3.63) is 29.8 Å². The lowest BCUT2D eigenvalue weighted by Crippen LogP contribution is -2.42. The number of benzene rings is 1. The average Bonchev–Trinajstić information content (AvgIpc) is 2.60. The Hall–Kier alpha value is -1.55. The van der Waals surface area contributed by atoms with Crippen LogP contribution in [-0.4, -0.2) is 30.0 Å². The largest absolute Gasteiger partial charge is 0.494 e. The summed E-state index contributed by atoms with van der Waals surface area (Å²) in [7, 11) is 0. The highest BCUT2D eigenvalue weighted by molar-refractivity contribution is 5.77. The fraction of sp³-hybridized carbons (Fsp3) is 0.588. The lowest BCUT2D eigenvalue weighted by molar-refractivity contribution is -0.133. The molecule has 0 aromatic heterocycles. The van der Waals surface area contributed by atoms with Crippen LogP contribution in [0.4, 0.5) is 0 Å². The molecule has 2 N–H and O–H groups in total. The van der Waals surface area contributed by atoms with Gasteiger partial charge in [-0.2, -0.15) is 0 Å². The van der Waals surface area contributed by atoms with Crippen LogP contribution in [0.25, 0.3) is 0 Å². The van der Waals surface area contributed by atoms with E-state index >= 15 is 0 Å². The van der Waals surface area contributed by atoms with Crippen molar-refractivity contribution < 1.29 is 9.53 Å². The zero-order valence-corrected chi connectivity index (χ0v) is 13.0. The van der Waals surface area contributed by atoms with Crippen molar-refractivity contribution in [2.75, 3.05) is 13.2 Å². The Labute approximate surface area is 127 Å². The Kier molecular flexibility index (Phi) is 5.62. The number of nitrogens with two attached hydrogens (primary N) is 1. The third-order valence-electron chi connectivity index (χ3n) is 3.96. The van der Waals surface area contributed by atoms with Crippen LogP contribution in [0, 0.1) is 0 Å². The van der Waals surface area contributed by atoms with Crippen molar-refractivity contribution >= 4 is 5.91 Å². The van der Waals surface area contributed by atoms with Gasteiger partial charge < -0.3 is 15.4 Å². The molecule has 1 aliphatic heterocycles. The van der Waals surface area contributed by atoms with Crippen molar-refractivity contribution in [1.82, 2.24) is 4.90 Å². The first-order valence-electron chi connectivity index (χ1n) is 7.95. The molecule has 0 bridgehead atoms. The van der Waals surface area contributed by atoms with Crippen LogP contribution in [0.2, 0.25) is 0 Å². The molecule has 4 heteroatoms. The second kappa shape index (κ2) is 7.46. The summed E-state index contributed by atoms with van der Waals surface area (Å²) in [4.78, 5) is 14.3. The Morgan fingerprint density at radius 2 is 2.19 bits per heavy atom. The summed E-state index contributed by atoms with van der Waals surface area (Å²) >= 11 is 0. The minimum Gasteiger partial charge on any atom is -0.494 e. The maximum Gasteiger partial charge on any atom is 0.223 e. The molecule has 1 saturated heterocycles. The van der Waals surface area contributed by atoms with E-state index < -0.39 is 0 Å². The van der Waals surface area contributed by atoms with Gasteiger partial charge in [0, 0.05) is 19.0 Å². The molecule has 1 aromatic rings. The second-order valence-corrected chi connectivity index (χ2v) is 5.59. The number of hydrogen-bond donors (Lipinski definition) is 1. The lowest BCUT2D eigenvalue weighted by atomic mass is 9.96. The number of hydrogen-bond acceptors (Lipinski definition) is 3. The minimum atomic E-state index is -0.0413. The van der Waals surface area contributed by atoms with Crippen molar-refractivity contribution in [1.29, 1.82) is 0 Å². The lowest BCUT2D eigenvalue weighted by Gasteiger charge is -2.34. The first-order valence-corrected chi connectivity index (χ1v) is 7.95. The number of nitrogens with zero attached hydrogens (tertiary/aromatic N) is 1. The van der Waals surface area contributed by atoms with Crippen molar-refractivity contribution in [2.45, 2.75) is 51.6 Å². The zero-order chi connectivity index (χ0) is 15.2. The summed E-state index contributed by atoms with van der Waals surface area (Å²) in [5.74, 6) is 1.06. The monoisotopic (exact) mass is 290 g/mol. The van der Waals surface area contributed by atoms with Crippen LogP contribution >= 0.6 is 0 Å². The summed E-state index contributed by atoms with van der Waals surface area (Å²) in [6, 6.07) is 7.94. The van der Waals surface area contributed by atoms with Crippen molar-refractivity contribution in [2.24, 2.45) is 5.73 Å². The van der Waals surface area contributed by atoms with Gasteiger partial charge in [-0.05, 0) is 43.9 Å². The van der Waals surface area contributed by atoms with Gasteiger partial charge in [-0.1, -0.05) is 19.1 Å². The number of rotatable bonds is 5. The first kappa shape index (κ1) is 15.8. The number of likely N-dealkylation sites (tertiary alicyclic amines) is 1. The Morgan fingerprint density at radius 3 is 2.90 bits per heavy atom. The molecule has 2 rings (SSSR count). The van der Waals surface area contributed by atoms with Gasteiger partial charge >= 0.3 is 0 Å². The molecule has 1 aromatic carbocycles. The molecule has 1 fully saturated rings. The highest BCUT2D eigenvalue weighted by atomic mass is 16.5. The molecule has 0 aliphatic carbocycles. The fourth-order valence-corrected chi connectivity index (χ4v) is 3.06. The predicted octanol–water partition coefficient (Wildman–Crippen LogP) is 2.88. The van der Waals surface area contributed by atoms with E-state index in [1.165, 1.54) is 0 Å². The molecule has 0 saturated carbocycles. The number of ether oxygens (including phenoxy) is 1. The van der Waals surface area contributed by atoms with E-state index in [0.29, 0.717) is 13.0 Å². The van der Waals surface area contributed by atoms with Crippen LogP contribution < -0.4 is 10.5 Å². The molecule has 0 radical (unpaired) electrons. The van der Waals surface area contributed by atoms with E-state index in [1.807, 2.05) is 36.1 Å². The van der Waals surface area contributed by atoms with Gasteiger partial charge in [-0.15, -0.1) is 0 Å². The van der Waals surface area contributed by atoms with Gasteiger partial charge in [0.25, 0.3) is 0 Å². The molecule has 21 heavy (non-hydrogen) atoms. The smallest absolute Gasteiger partial charge is 0.223 e. The molecule has 2 atom stereocenters. The second-order valence-electron chi connectivity index (χ2n) is 5.59. The SMILES string of the molecule is CCCN1C(=O)CCCC(N)C1c1cccc(OCC)c1. The summed E-state index contributed by atoms with van der Waals surface area (Å²) in [5.41, 5.74) is 7.46. The van der Waals surface area contributed by atoms with Crippen LogP contribution in [0.1, 0.15) is 51.1 Å².